The zero-order chi connectivity index (χ0) is 60.8. The second kappa shape index (κ2) is 32.0. The van der Waals surface area contributed by atoms with Gasteiger partial charge in [-0.3, -0.25) is 0 Å². The number of rotatable bonds is 19. The Morgan fingerprint density at radius 1 is 0.598 bits per heavy atom. The van der Waals surface area contributed by atoms with Crippen LogP contribution in [0.5, 0.6) is 0 Å². The van der Waals surface area contributed by atoms with Gasteiger partial charge in [0.25, 0.3) is 0 Å². The Morgan fingerprint density at radius 2 is 1.09 bits per heavy atom. The minimum Gasteiger partial charge on any atom is -0.458 e. The Morgan fingerprint density at radius 3 is 1.56 bits per heavy atom. The lowest BCUT2D eigenvalue weighted by Crippen LogP contribution is -2.60. The summed E-state index contributed by atoms with van der Waals surface area (Å²) in [5.41, 5.74) is 1.56. The Balaban J connectivity index is 1.39. The molecule has 0 amide bonds. The summed E-state index contributed by atoms with van der Waals surface area (Å²) in [6, 6.07) is 0. The first-order valence-electron chi connectivity index (χ1n) is 30.3. The number of methoxy groups -OCH3 is 1. The van der Waals surface area contributed by atoms with E-state index < -0.39 is 139 Å². The molecule has 0 unspecified atom stereocenters. The third-order valence-corrected chi connectivity index (χ3v) is 18.0. The van der Waals surface area contributed by atoms with Gasteiger partial charge in [-0.2, -0.15) is 0 Å². The van der Waals surface area contributed by atoms with Crippen LogP contribution in [-0.2, 0) is 52.2 Å². The van der Waals surface area contributed by atoms with Gasteiger partial charge in [-0.25, -0.2) is 9.59 Å². The van der Waals surface area contributed by atoms with E-state index in [-0.39, 0.29) is 56.0 Å². The largest absolute Gasteiger partial charge is 0.458 e. The maximum Gasteiger partial charge on any atom is 0.331 e. The van der Waals surface area contributed by atoms with Crippen molar-refractivity contribution in [3.8, 4) is 0 Å². The van der Waals surface area contributed by atoms with Crippen LogP contribution in [0.1, 0.15) is 154 Å². The second-order valence-corrected chi connectivity index (χ2v) is 23.7. The summed E-state index contributed by atoms with van der Waals surface area (Å²) >= 11 is 0. The number of aliphatic hydroxyl groups is 8. The Kier molecular flexibility index (Phi) is 27.1. The van der Waals surface area contributed by atoms with E-state index in [9.17, 15) is 50.4 Å². The van der Waals surface area contributed by atoms with Crippen molar-refractivity contribution in [2.45, 2.75) is 269 Å². The molecule has 0 aromatic carbocycles. The van der Waals surface area contributed by atoms with Crippen LogP contribution in [0.3, 0.4) is 0 Å². The molecule has 4 saturated heterocycles. The minimum absolute atomic E-state index is 0.0139. The topological polar surface area (TPSA) is 279 Å². The monoisotopic (exact) mass is 1160 g/mol. The lowest BCUT2D eigenvalue weighted by Gasteiger charge is -2.49. The van der Waals surface area contributed by atoms with E-state index >= 15 is 0 Å². The number of carbonyl (C=O) groups excluding carboxylic acids is 2. The summed E-state index contributed by atoms with van der Waals surface area (Å²) < 4.78 is 56.1. The molecule has 0 aliphatic carbocycles. The van der Waals surface area contributed by atoms with Crippen LogP contribution >= 0.6 is 0 Å². The molecule has 5 rings (SSSR count). The first-order chi connectivity index (χ1) is 38.8. The highest BCUT2D eigenvalue weighted by Crippen LogP contribution is 2.44. The Hall–Kier alpha value is -3.22. The molecule has 19 nitrogen and oxygen atoms in total. The molecule has 5 aliphatic rings. The molecule has 5 aliphatic heterocycles. The van der Waals surface area contributed by atoms with Crippen LogP contribution < -0.4 is 0 Å². The maximum atomic E-state index is 14.0. The standard InChI is InChI=1S/C63H102O19/c1-14-41-22-20-24-43(16-3)59(35(7)48(65)31-62(73)33-50(45(18-5)37(9)81-62)78-61-58(72)57(71)56(70)40(12)76-61)79-52(67)28-26-42(15-2)23-21-25-44(17-4)60(80-53(68)29-27-41)36(8)49(66)32-63(74-13)34-51(46(19-6)38(10)82-63)77-54-30-47(64)55(69)39(11)75-54/h20-29,35-40,43-51,54-61,64-66,69-73H,14-19,30-34H2,1-13H3/b24-20-,25-21+,28-26+,29-27+,41-22+,42-23-/t35-,36-,37-,38-,39-,40+,43-,44-,45-,46-,47-,48-,49-,50-,51-,54+,55-,56+,57-,58+,59-,60-,61-,62-,63+/m1/s1. The first kappa shape index (κ1) is 69.6. The van der Waals surface area contributed by atoms with Gasteiger partial charge in [0, 0.05) is 86.9 Å². The number of carbonyl (C=O) groups is 2. The van der Waals surface area contributed by atoms with Crippen molar-refractivity contribution < 1.29 is 93.1 Å². The number of cyclic esters (lactones) is 2. The predicted molar refractivity (Wildman–Crippen MR) is 306 cm³/mol. The molecule has 0 saturated carbocycles. The quantitative estimate of drug-likeness (QED) is 0.0625. The van der Waals surface area contributed by atoms with Gasteiger partial charge >= 0.3 is 11.9 Å². The molecule has 4 fully saturated rings. The average molecular weight is 1160 g/mol. The SMILES string of the molecule is CCC1=C/C=C/[C@@H](CC)[C@@H]([C@H](C)[C@H](O)C[C@@]2(OC)C[C@@H](O[C@H]3C[C@@H](O)[C@H](O)[C@@H](C)O3)[C@H](CC)[C@@H](C)O2)OC(=O)/C=C/C(CC)=C/C=C\[C@@H](CC)[C@@H]([C@H](C)[C@H](O)C[C@]2(O)C[C@@H](O[C@H]3O[C@@H](C)[C@H](O)[C@@H](O)[C@@H]3O)[C@H](CC)[C@@H](C)O2)OC(=O)\C=C\1. The average Bonchev–Trinajstić information content (AvgIpc) is 3.45. The number of hydrogen-bond donors (Lipinski definition) is 8. The van der Waals surface area contributed by atoms with Gasteiger partial charge in [0.1, 0.15) is 36.6 Å². The summed E-state index contributed by atoms with van der Waals surface area (Å²) in [4.78, 5) is 27.9. The molecule has 0 aromatic rings. The van der Waals surface area contributed by atoms with Crippen LogP contribution in [0.15, 0.2) is 71.9 Å². The molecule has 0 spiro atoms. The van der Waals surface area contributed by atoms with Crippen LogP contribution in [0.4, 0.5) is 0 Å². The van der Waals surface area contributed by atoms with E-state index in [0.717, 1.165) is 11.1 Å². The molecular weight excluding hydrogens is 1060 g/mol. The van der Waals surface area contributed by atoms with Crippen molar-refractivity contribution >= 4 is 11.9 Å². The van der Waals surface area contributed by atoms with Gasteiger partial charge in [-0.05, 0) is 77.4 Å². The lowest BCUT2D eigenvalue weighted by molar-refractivity contribution is -0.346. The molecule has 0 bridgehead atoms. The van der Waals surface area contributed by atoms with Gasteiger partial charge < -0.3 is 83.5 Å². The fraction of sp³-hybridized carbons (Fsp3) is 0.778. The second-order valence-electron chi connectivity index (χ2n) is 23.7. The molecule has 468 valence electrons. The number of esters is 2. The molecule has 0 aromatic heterocycles. The highest BCUT2D eigenvalue weighted by molar-refractivity contribution is 5.83. The maximum absolute atomic E-state index is 14.0. The molecule has 25 atom stereocenters. The van der Waals surface area contributed by atoms with Crippen LogP contribution in [-0.4, -0.2) is 176 Å². The Bertz CT molecular complexity index is 2170. The summed E-state index contributed by atoms with van der Waals surface area (Å²) in [5, 5.41) is 88.8. The van der Waals surface area contributed by atoms with E-state index in [1.54, 1.807) is 39.8 Å². The summed E-state index contributed by atoms with van der Waals surface area (Å²) in [6.45, 7) is 22.4. The highest BCUT2D eigenvalue weighted by Gasteiger charge is 2.52. The van der Waals surface area contributed by atoms with Crippen LogP contribution in [0, 0.1) is 35.5 Å². The molecule has 82 heavy (non-hydrogen) atoms. The van der Waals surface area contributed by atoms with E-state index in [1.165, 1.54) is 19.3 Å². The van der Waals surface area contributed by atoms with Gasteiger partial charge in [0.2, 0.25) is 0 Å². The van der Waals surface area contributed by atoms with Crippen LogP contribution in [0.25, 0.3) is 0 Å². The zero-order valence-electron chi connectivity index (χ0n) is 50.9. The van der Waals surface area contributed by atoms with Crippen molar-refractivity contribution in [3.63, 3.8) is 0 Å². The predicted octanol–water partition coefficient (Wildman–Crippen LogP) is 6.70. The molecule has 5 heterocycles. The summed E-state index contributed by atoms with van der Waals surface area (Å²) in [7, 11) is 1.53. The van der Waals surface area contributed by atoms with Gasteiger partial charge in [0.15, 0.2) is 24.2 Å². The van der Waals surface area contributed by atoms with E-state index in [2.05, 4.69) is 0 Å². The first-order valence-corrected chi connectivity index (χ1v) is 30.3. The summed E-state index contributed by atoms with van der Waals surface area (Å²) in [5.74, 6) is -6.99. The van der Waals surface area contributed by atoms with Crippen molar-refractivity contribution in [3.05, 3.63) is 71.9 Å². The normalized spacial score (nSPS) is 43.7. The fourth-order valence-corrected chi connectivity index (χ4v) is 12.6. The third kappa shape index (κ3) is 18.2. The van der Waals surface area contributed by atoms with Gasteiger partial charge in [-0.1, -0.05) is 104 Å². The van der Waals surface area contributed by atoms with Crippen molar-refractivity contribution in [1.29, 1.82) is 0 Å². The summed E-state index contributed by atoms with van der Waals surface area (Å²) in [6.07, 6.45) is 4.49. The lowest BCUT2D eigenvalue weighted by atomic mass is 9.80. The van der Waals surface area contributed by atoms with Gasteiger partial charge in [-0.15, -0.1) is 0 Å². The highest BCUT2D eigenvalue weighted by atomic mass is 16.7. The van der Waals surface area contributed by atoms with Crippen LogP contribution in [0.2, 0.25) is 0 Å². The zero-order valence-corrected chi connectivity index (χ0v) is 50.9. The fourth-order valence-electron chi connectivity index (χ4n) is 12.6. The van der Waals surface area contributed by atoms with Gasteiger partial charge in [0.05, 0.1) is 54.9 Å². The third-order valence-electron chi connectivity index (χ3n) is 18.0. The van der Waals surface area contributed by atoms with Crippen molar-refractivity contribution in [2.24, 2.45) is 35.5 Å². The number of allylic oxidation sites excluding steroid dienone is 8. The molecule has 19 heteroatoms. The van der Waals surface area contributed by atoms with E-state index in [4.69, 9.17) is 42.6 Å². The Labute approximate surface area is 487 Å². The van der Waals surface area contributed by atoms with Crippen molar-refractivity contribution in [1.82, 2.24) is 0 Å². The molecule has 0 radical (unpaired) electrons. The smallest absolute Gasteiger partial charge is 0.331 e. The minimum atomic E-state index is -1.92. The molecular formula is C63H102O19. The number of aliphatic hydroxyl groups excluding tert-OH is 7. The van der Waals surface area contributed by atoms with E-state index in [0.29, 0.717) is 38.5 Å². The van der Waals surface area contributed by atoms with E-state index in [1.807, 2.05) is 91.8 Å². The number of ether oxygens (including phenoxy) is 9. The number of hydrogen-bond acceptors (Lipinski definition) is 19. The molecule has 8 N–H and O–H groups in total. The van der Waals surface area contributed by atoms with Crippen molar-refractivity contribution in [2.75, 3.05) is 7.11 Å².